The van der Waals surface area contributed by atoms with Crippen LogP contribution in [0.2, 0.25) is 0 Å². The molecule has 2 N–H and O–H groups in total. The molecule has 0 radical (unpaired) electrons. The molecule has 0 saturated heterocycles. The number of carbonyl (C=O) groups is 2. The molecular formula is C18H26N4O4. The molecule has 0 aliphatic rings. The lowest BCUT2D eigenvalue weighted by molar-refractivity contribution is -0.124. The quantitative estimate of drug-likeness (QED) is 0.578. The molecule has 26 heavy (non-hydrogen) atoms. The number of para-hydroxylation sites is 2. The molecule has 2 amide bonds. The SMILES string of the molecule is CCOCCCNC(=O)Cn1c(CNC(=O)COC)nc2ccccc21. The maximum atomic E-state index is 12.3. The van der Waals surface area contributed by atoms with Crippen molar-refractivity contribution in [2.75, 3.05) is 33.5 Å². The number of nitrogens with zero attached hydrogens (tertiary/aromatic N) is 2. The lowest BCUT2D eigenvalue weighted by Gasteiger charge is -2.11. The van der Waals surface area contributed by atoms with Crippen LogP contribution in [0.5, 0.6) is 0 Å². The van der Waals surface area contributed by atoms with Gasteiger partial charge in [-0.05, 0) is 25.5 Å². The maximum absolute atomic E-state index is 12.3. The topological polar surface area (TPSA) is 94.5 Å². The van der Waals surface area contributed by atoms with Gasteiger partial charge in [0.2, 0.25) is 11.8 Å². The molecular weight excluding hydrogens is 336 g/mol. The van der Waals surface area contributed by atoms with Gasteiger partial charge < -0.3 is 24.7 Å². The van der Waals surface area contributed by atoms with E-state index < -0.39 is 0 Å². The Bertz CT molecular complexity index is 729. The number of hydrogen-bond donors (Lipinski definition) is 2. The van der Waals surface area contributed by atoms with E-state index in [1.54, 1.807) is 0 Å². The molecule has 0 unspecified atom stereocenters. The Balaban J connectivity index is 2.02. The molecule has 2 aromatic rings. The van der Waals surface area contributed by atoms with E-state index in [-0.39, 0.29) is 31.5 Å². The normalized spacial score (nSPS) is 10.8. The van der Waals surface area contributed by atoms with Gasteiger partial charge in [-0.3, -0.25) is 9.59 Å². The van der Waals surface area contributed by atoms with Gasteiger partial charge in [-0.1, -0.05) is 12.1 Å². The zero-order valence-electron chi connectivity index (χ0n) is 15.3. The van der Waals surface area contributed by atoms with Crippen LogP contribution in [0.1, 0.15) is 19.2 Å². The summed E-state index contributed by atoms with van der Waals surface area (Å²) in [5.41, 5.74) is 1.64. The molecule has 1 aromatic heterocycles. The van der Waals surface area contributed by atoms with E-state index >= 15 is 0 Å². The smallest absolute Gasteiger partial charge is 0.246 e. The van der Waals surface area contributed by atoms with Crippen LogP contribution in [0.25, 0.3) is 11.0 Å². The van der Waals surface area contributed by atoms with E-state index in [2.05, 4.69) is 15.6 Å². The van der Waals surface area contributed by atoms with Crippen molar-refractivity contribution in [1.29, 1.82) is 0 Å². The molecule has 8 nitrogen and oxygen atoms in total. The maximum Gasteiger partial charge on any atom is 0.246 e. The number of carbonyl (C=O) groups excluding carboxylic acids is 2. The number of fused-ring (bicyclic) bond motifs is 1. The number of rotatable bonds is 11. The van der Waals surface area contributed by atoms with Crippen LogP contribution in [0.15, 0.2) is 24.3 Å². The Morgan fingerprint density at radius 2 is 2.00 bits per heavy atom. The van der Waals surface area contributed by atoms with Gasteiger partial charge in [0, 0.05) is 26.9 Å². The van der Waals surface area contributed by atoms with Crippen LogP contribution in [0, 0.1) is 0 Å². The largest absolute Gasteiger partial charge is 0.382 e. The highest BCUT2D eigenvalue weighted by Gasteiger charge is 2.14. The summed E-state index contributed by atoms with van der Waals surface area (Å²) in [6, 6.07) is 7.58. The third kappa shape index (κ3) is 5.82. The number of hydrogen-bond acceptors (Lipinski definition) is 5. The van der Waals surface area contributed by atoms with Crippen molar-refractivity contribution >= 4 is 22.8 Å². The summed E-state index contributed by atoms with van der Waals surface area (Å²) in [4.78, 5) is 28.4. The summed E-state index contributed by atoms with van der Waals surface area (Å²) in [6.45, 7) is 4.16. The third-order valence-corrected chi connectivity index (χ3v) is 3.75. The van der Waals surface area contributed by atoms with Crippen molar-refractivity contribution < 1.29 is 19.1 Å². The third-order valence-electron chi connectivity index (χ3n) is 3.75. The molecule has 1 heterocycles. The molecule has 142 valence electrons. The van der Waals surface area contributed by atoms with Crippen molar-refractivity contribution in [2.24, 2.45) is 0 Å². The fraction of sp³-hybridized carbons (Fsp3) is 0.500. The second-order valence-electron chi connectivity index (χ2n) is 5.71. The molecule has 0 aliphatic carbocycles. The van der Waals surface area contributed by atoms with E-state index in [9.17, 15) is 9.59 Å². The van der Waals surface area contributed by atoms with Crippen LogP contribution < -0.4 is 10.6 Å². The van der Waals surface area contributed by atoms with Gasteiger partial charge in [-0.2, -0.15) is 0 Å². The van der Waals surface area contributed by atoms with Gasteiger partial charge in [0.05, 0.1) is 17.6 Å². The monoisotopic (exact) mass is 362 g/mol. The lowest BCUT2D eigenvalue weighted by Crippen LogP contribution is -2.31. The zero-order chi connectivity index (χ0) is 18.8. The minimum Gasteiger partial charge on any atom is -0.382 e. The first-order chi connectivity index (χ1) is 12.7. The predicted octanol–water partition coefficient (Wildman–Crippen LogP) is 0.842. The first-order valence-electron chi connectivity index (χ1n) is 8.70. The highest BCUT2D eigenvalue weighted by Crippen LogP contribution is 2.16. The Labute approximate surface area is 152 Å². The predicted molar refractivity (Wildman–Crippen MR) is 97.6 cm³/mol. The Morgan fingerprint density at radius 3 is 2.77 bits per heavy atom. The summed E-state index contributed by atoms with van der Waals surface area (Å²) in [5, 5.41) is 5.63. The van der Waals surface area contributed by atoms with Crippen molar-refractivity contribution in [3.8, 4) is 0 Å². The number of methoxy groups -OCH3 is 1. The van der Waals surface area contributed by atoms with Gasteiger partial charge >= 0.3 is 0 Å². The molecule has 0 fully saturated rings. The van der Waals surface area contributed by atoms with Crippen LogP contribution in [-0.4, -0.2) is 54.8 Å². The second-order valence-corrected chi connectivity index (χ2v) is 5.71. The molecule has 0 atom stereocenters. The van der Waals surface area contributed by atoms with E-state index in [4.69, 9.17) is 9.47 Å². The molecule has 2 rings (SSSR count). The number of imidazole rings is 1. The average Bonchev–Trinajstić information content (AvgIpc) is 2.98. The van der Waals surface area contributed by atoms with Gasteiger partial charge in [-0.15, -0.1) is 0 Å². The van der Waals surface area contributed by atoms with Crippen LogP contribution in [0.4, 0.5) is 0 Å². The first kappa shape index (κ1) is 19.9. The van der Waals surface area contributed by atoms with Crippen molar-refractivity contribution in [3.63, 3.8) is 0 Å². The van der Waals surface area contributed by atoms with Crippen LogP contribution in [-0.2, 0) is 32.2 Å². The minimum absolute atomic E-state index is 0.0133. The summed E-state index contributed by atoms with van der Waals surface area (Å²) >= 11 is 0. The van der Waals surface area contributed by atoms with E-state index in [0.717, 1.165) is 17.5 Å². The minimum atomic E-state index is -0.230. The van der Waals surface area contributed by atoms with Crippen molar-refractivity contribution in [3.05, 3.63) is 30.1 Å². The number of aromatic nitrogens is 2. The Morgan fingerprint density at radius 1 is 1.19 bits per heavy atom. The van der Waals surface area contributed by atoms with Gasteiger partial charge in [0.1, 0.15) is 19.0 Å². The number of benzene rings is 1. The zero-order valence-corrected chi connectivity index (χ0v) is 15.3. The molecule has 0 spiro atoms. The van der Waals surface area contributed by atoms with Crippen molar-refractivity contribution in [2.45, 2.75) is 26.4 Å². The van der Waals surface area contributed by atoms with E-state index in [1.165, 1.54) is 7.11 Å². The molecule has 0 aliphatic heterocycles. The standard InChI is InChI=1S/C18H26N4O4/c1-3-26-10-6-9-19-17(23)12-22-15-8-5-4-7-14(15)21-16(22)11-20-18(24)13-25-2/h4-5,7-8H,3,6,9-13H2,1-2H3,(H,19,23)(H,20,24). The summed E-state index contributed by atoms with van der Waals surface area (Å²) in [7, 11) is 1.46. The highest BCUT2D eigenvalue weighted by molar-refractivity contribution is 5.81. The summed E-state index contributed by atoms with van der Waals surface area (Å²) in [5.74, 6) is 0.292. The average molecular weight is 362 g/mol. The van der Waals surface area contributed by atoms with Gasteiger partial charge in [0.25, 0.3) is 0 Å². The molecule has 1 aromatic carbocycles. The first-order valence-corrected chi connectivity index (χ1v) is 8.70. The summed E-state index contributed by atoms with van der Waals surface area (Å²) < 4.78 is 11.9. The molecule has 0 bridgehead atoms. The van der Waals surface area contributed by atoms with Gasteiger partial charge in [0.15, 0.2) is 0 Å². The second kappa shape index (κ2) is 10.5. The molecule has 0 saturated carbocycles. The fourth-order valence-electron chi connectivity index (χ4n) is 2.54. The van der Waals surface area contributed by atoms with Crippen molar-refractivity contribution in [1.82, 2.24) is 20.2 Å². The number of amides is 2. The number of ether oxygens (including phenoxy) is 2. The fourth-order valence-corrected chi connectivity index (χ4v) is 2.54. The lowest BCUT2D eigenvalue weighted by atomic mass is 10.3. The van der Waals surface area contributed by atoms with Crippen LogP contribution in [0.3, 0.4) is 0 Å². The Kier molecular flexibility index (Phi) is 8.04. The molecule has 8 heteroatoms. The van der Waals surface area contributed by atoms with E-state index in [1.807, 2.05) is 35.8 Å². The summed E-state index contributed by atoms with van der Waals surface area (Å²) in [6.07, 6.45) is 0.768. The van der Waals surface area contributed by atoms with Crippen LogP contribution >= 0.6 is 0 Å². The highest BCUT2D eigenvalue weighted by atomic mass is 16.5. The van der Waals surface area contributed by atoms with E-state index in [0.29, 0.717) is 25.6 Å². The van der Waals surface area contributed by atoms with Gasteiger partial charge in [-0.25, -0.2) is 4.98 Å². The Hall–Kier alpha value is -2.45. The number of nitrogens with one attached hydrogen (secondary N) is 2.